The van der Waals surface area contributed by atoms with Gasteiger partial charge in [-0.25, -0.2) is 13.8 Å². The van der Waals surface area contributed by atoms with E-state index in [1.165, 1.54) is 18.2 Å². The molecule has 0 saturated heterocycles. The first-order valence-corrected chi connectivity index (χ1v) is 13.7. The highest BCUT2D eigenvalue weighted by atomic mass is 19.3. The first kappa shape index (κ1) is 29.4. The number of amides is 2. The molecule has 0 spiro atoms. The Morgan fingerprint density at radius 3 is 2.48 bits per heavy atom. The second-order valence-corrected chi connectivity index (χ2v) is 10.4. The molecular formula is C29H30F4N4O5. The van der Waals surface area contributed by atoms with E-state index in [0.717, 1.165) is 50.7 Å². The summed E-state index contributed by atoms with van der Waals surface area (Å²) in [7, 11) is 0. The number of ether oxygens (including phenoxy) is 2. The first-order valence-electron chi connectivity index (χ1n) is 13.7. The van der Waals surface area contributed by atoms with Gasteiger partial charge < -0.3 is 30.3 Å². The lowest BCUT2D eigenvalue weighted by molar-refractivity contribution is -0.123. The lowest BCUT2D eigenvalue weighted by Gasteiger charge is -2.21. The number of rotatable bonds is 12. The minimum absolute atomic E-state index is 0.0367. The SMILES string of the molecule is NCc1oc(-c2ccc(OC(F)F)c(OCC3CC3)c2)nc1C(=O)NC(C(=O)NC1CCCC1)c1ccc(F)cc1F. The van der Waals surface area contributed by atoms with Crippen molar-refractivity contribution >= 4 is 11.8 Å². The zero-order valence-electron chi connectivity index (χ0n) is 22.5. The molecule has 0 radical (unpaired) electrons. The highest BCUT2D eigenvalue weighted by Gasteiger charge is 2.31. The van der Waals surface area contributed by atoms with Gasteiger partial charge in [-0.3, -0.25) is 9.59 Å². The van der Waals surface area contributed by atoms with Crippen molar-refractivity contribution < 1.29 is 41.0 Å². The highest BCUT2D eigenvalue weighted by molar-refractivity contribution is 5.97. The van der Waals surface area contributed by atoms with Gasteiger partial charge in [-0.05, 0) is 55.9 Å². The van der Waals surface area contributed by atoms with Crippen molar-refractivity contribution in [3.63, 3.8) is 0 Å². The van der Waals surface area contributed by atoms with E-state index in [-0.39, 0.29) is 52.6 Å². The number of oxazole rings is 1. The smallest absolute Gasteiger partial charge is 0.387 e. The molecule has 2 fully saturated rings. The van der Waals surface area contributed by atoms with Gasteiger partial charge in [0, 0.05) is 23.2 Å². The summed E-state index contributed by atoms with van der Waals surface area (Å²) in [4.78, 5) is 30.9. The van der Waals surface area contributed by atoms with Crippen molar-refractivity contribution in [1.82, 2.24) is 15.6 Å². The summed E-state index contributed by atoms with van der Waals surface area (Å²) in [6, 6.07) is 5.15. The predicted molar refractivity (Wildman–Crippen MR) is 142 cm³/mol. The first-order chi connectivity index (χ1) is 20.2. The Balaban J connectivity index is 1.41. The van der Waals surface area contributed by atoms with Crippen molar-refractivity contribution in [3.8, 4) is 23.0 Å². The number of hydrogen-bond acceptors (Lipinski definition) is 7. The van der Waals surface area contributed by atoms with Crippen LogP contribution >= 0.6 is 0 Å². The normalized spacial score (nSPS) is 16.0. The van der Waals surface area contributed by atoms with Gasteiger partial charge >= 0.3 is 6.61 Å². The maximum atomic E-state index is 14.8. The van der Waals surface area contributed by atoms with Crippen LogP contribution in [0, 0.1) is 17.6 Å². The Morgan fingerprint density at radius 1 is 1.05 bits per heavy atom. The summed E-state index contributed by atoms with van der Waals surface area (Å²) in [6.07, 6.45) is 5.30. The van der Waals surface area contributed by atoms with Gasteiger partial charge in [0.15, 0.2) is 23.0 Å². The number of nitrogens with two attached hydrogens (primary N) is 1. The van der Waals surface area contributed by atoms with E-state index in [0.29, 0.717) is 18.6 Å². The molecule has 2 aromatic carbocycles. The van der Waals surface area contributed by atoms with Crippen molar-refractivity contribution in [1.29, 1.82) is 0 Å². The second-order valence-electron chi connectivity index (χ2n) is 10.4. The lowest BCUT2D eigenvalue weighted by Crippen LogP contribution is -2.44. The average molecular weight is 591 g/mol. The fourth-order valence-corrected chi connectivity index (χ4v) is 4.80. The van der Waals surface area contributed by atoms with Crippen LogP contribution in [-0.4, -0.2) is 36.1 Å². The van der Waals surface area contributed by atoms with Crippen LogP contribution in [0.1, 0.15) is 66.4 Å². The minimum Gasteiger partial charge on any atom is -0.489 e. The van der Waals surface area contributed by atoms with Gasteiger partial charge in [0.1, 0.15) is 17.7 Å². The number of benzene rings is 2. The van der Waals surface area contributed by atoms with E-state index in [1.54, 1.807) is 0 Å². The van der Waals surface area contributed by atoms with Crippen LogP contribution < -0.4 is 25.8 Å². The molecule has 13 heteroatoms. The minimum atomic E-state index is -3.07. The molecule has 0 aliphatic heterocycles. The number of alkyl halides is 2. The third kappa shape index (κ3) is 7.01. The molecule has 42 heavy (non-hydrogen) atoms. The molecule has 2 saturated carbocycles. The molecule has 1 atom stereocenters. The van der Waals surface area contributed by atoms with Crippen LogP contribution in [0.5, 0.6) is 11.5 Å². The van der Waals surface area contributed by atoms with E-state index < -0.39 is 36.1 Å². The fourth-order valence-electron chi connectivity index (χ4n) is 4.80. The topological polar surface area (TPSA) is 129 Å². The Hall–Kier alpha value is -4.13. The summed E-state index contributed by atoms with van der Waals surface area (Å²) in [5.74, 6) is -3.29. The van der Waals surface area contributed by atoms with Gasteiger partial charge in [-0.2, -0.15) is 8.78 Å². The van der Waals surface area contributed by atoms with Crippen molar-refractivity contribution in [2.24, 2.45) is 11.7 Å². The van der Waals surface area contributed by atoms with Gasteiger partial charge in [0.2, 0.25) is 11.8 Å². The van der Waals surface area contributed by atoms with Gasteiger partial charge in [0.05, 0.1) is 13.2 Å². The lowest BCUT2D eigenvalue weighted by atomic mass is 10.0. The molecule has 224 valence electrons. The largest absolute Gasteiger partial charge is 0.489 e. The fraction of sp³-hybridized carbons (Fsp3) is 0.414. The predicted octanol–water partition coefficient (Wildman–Crippen LogP) is 5.00. The number of halogens is 4. The Morgan fingerprint density at radius 2 is 1.81 bits per heavy atom. The number of aromatic nitrogens is 1. The Kier molecular flexibility index (Phi) is 8.95. The van der Waals surface area contributed by atoms with Crippen LogP contribution in [0.3, 0.4) is 0 Å². The molecule has 1 unspecified atom stereocenters. The zero-order chi connectivity index (χ0) is 29.8. The molecule has 3 aromatic rings. The van der Waals surface area contributed by atoms with Crippen LogP contribution in [0.15, 0.2) is 40.8 Å². The molecule has 0 bridgehead atoms. The van der Waals surface area contributed by atoms with Crippen LogP contribution in [0.4, 0.5) is 17.6 Å². The number of hydrogen-bond donors (Lipinski definition) is 3. The highest BCUT2D eigenvalue weighted by Crippen LogP contribution is 2.37. The van der Waals surface area contributed by atoms with E-state index in [1.807, 2.05) is 0 Å². The number of nitrogens with one attached hydrogen (secondary N) is 2. The third-order valence-corrected chi connectivity index (χ3v) is 7.19. The molecule has 4 N–H and O–H groups in total. The third-order valence-electron chi connectivity index (χ3n) is 7.19. The summed E-state index contributed by atoms with van der Waals surface area (Å²) < 4.78 is 70.2. The molecular weight excluding hydrogens is 560 g/mol. The number of carbonyl (C=O) groups is 2. The van der Waals surface area contributed by atoms with Gasteiger partial charge in [-0.1, -0.05) is 18.9 Å². The molecule has 5 rings (SSSR count). The number of nitrogens with zero attached hydrogens (tertiary/aromatic N) is 1. The molecule has 9 nitrogen and oxygen atoms in total. The molecule has 1 heterocycles. The Labute approximate surface area is 238 Å². The monoisotopic (exact) mass is 590 g/mol. The van der Waals surface area contributed by atoms with E-state index in [4.69, 9.17) is 14.9 Å². The maximum Gasteiger partial charge on any atom is 0.387 e. The van der Waals surface area contributed by atoms with Crippen LogP contribution in [-0.2, 0) is 11.3 Å². The van der Waals surface area contributed by atoms with Crippen molar-refractivity contribution in [2.45, 2.75) is 63.8 Å². The molecule has 2 aliphatic rings. The van der Waals surface area contributed by atoms with Crippen LogP contribution in [0.25, 0.3) is 11.5 Å². The summed E-state index contributed by atoms with van der Waals surface area (Å²) in [6.45, 7) is -3.00. The standard InChI is InChI=1S/C29H30F4N4O5/c30-17-8-9-19(20(31)12-17)24(26(38)35-18-3-1-2-4-18)36-27(39)25-23(13-34)41-28(37-25)16-7-10-21(42-29(32)33)22(11-16)40-14-15-5-6-15/h7-12,15,18,24,29H,1-6,13-14,34H2,(H,35,38)(H,36,39). The molecule has 2 amide bonds. The van der Waals surface area contributed by atoms with Crippen LogP contribution in [0.2, 0.25) is 0 Å². The van der Waals surface area contributed by atoms with E-state index in [9.17, 15) is 27.2 Å². The van der Waals surface area contributed by atoms with E-state index in [2.05, 4.69) is 20.4 Å². The zero-order valence-corrected chi connectivity index (χ0v) is 22.5. The number of carbonyl (C=O) groups excluding carboxylic acids is 2. The molecule has 1 aromatic heterocycles. The van der Waals surface area contributed by atoms with Gasteiger partial charge in [-0.15, -0.1) is 0 Å². The second kappa shape index (κ2) is 12.8. The Bertz CT molecular complexity index is 1440. The van der Waals surface area contributed by atoms with Crippen molar-refractivity contribution in [3.05, 3.63) is 65.1 Å². The maximum absolute atomic E-state index is 14.8. The quantitative estimate of drug-likeness (QED) is 0.253. The van der Waals surface area contributed by atoms with Crippen molar-refractivity contribution in [2.75, 3.05) is 6.61 Å². The summed E-state index contributed by atoms with van der Waals surface area (Å²) >= 11 is 0. The average Bonchev–Trinajstić information content (AvgIpc) is 3.44. The van der Waals surface area contributed by atoms with Gasteiger partial charge in [0.25, 0.3) is 5.91 Å². The molecule has 2 aliphatic carbocycles. The summed E-state index contributed by atoms with van der Waals surface area (Å²) in [5.41, 5.74) is 5.60. The summed E-state index contributed by atoms with van der Waals surface area (Å²) in [5, 5.41) is 5.31. The van der Waals surface area contributed by atoms with E-state index >= 15 is 0 Å².